The summed E-state index contributed by atoms with van der Waals surface area (Å²) in [6, 6.07) is 0.881. The third-order valence-electron chi connectivity index (χ3n) is 3.60. The van der Waals surface area contributed by atoms with Gasteiger partial charge in [0.15, 0.2) is 5.69 Å². The number of carbonyl (C=O) groups is 1. The molecule has 0 radical (unpaired) electrons. The summed E-state index contributed by atoms with van der Waals surface area (Å²) in [5.74, 6) is -0.428. The first kappa shape index (κ1) is 14.8. The van der Waals surface area contributed by atoms with Crippen molar-refractivity contribution in [2.45, 2.75) is 32.7 Å². The number of esters is 1. The number of aromatic nitrogens is 1. The van der Waals surface area contributed by atoms with Crippen LogP contribution in [0.4, 0.5) is 6.01 Å². The van der Waals surface area contributed by atoms with E-state index < -0.39 is 5.97 Å². The van der Waals surface area contributed by atoms with Crippen molar-refractivity contribution in [3.8, 4) is 0 Å². The highest BCUT2D eigenvalue weighted by Gasteiger charge is 2.26. The SMILES string of the molecule is CCOC(=O)c1coc(N2CCCN(C)CC2CC)n1. The van der Waals surface area contributed by atoms with Crippen LogP contribution >= 0.6 is 0 Å². The Morgan fingerprint density at radius 3 is 3.00 bits per heavy atom. The van der Waals surface area contributed by atoms with Crippen LogP contribution in [0.3, 0.4) is 0 Å². The number of carbonyl (C=O) groups excluding carboxylic acids is 1. The van der Waals surface area contributed by atoms with Crippen LogP contribution in [0, 0.1) is 0 Å². The predicted octanol–water partition coefficient (Wildman–Crippen LogP) is 1.77. The number of rotatable bonds is 4. The second-order valence-electron chi connectivity index (χ2n) is 5.11. The molecule has 1 unspecified atom stereocenters. The maximum atomic E-state index is 11.6. The number of hydrogen-bond donors (Lipinski definition) is 0. The molecule has 0 saturated carbocycles. The van der Waals surface area contributed by atoms with E-state index in [9.17, 15) is 4.79 Å². The van der Waals surface area contributed by atoms with Gasteiger partial charge in [0.05, 0.1) is 6.61 Å². The normalized spacial score (nSPS) is 20.8. The Morgan fingerprint density at radius 2 is 2.30 bits per heavy atom. The van der Waals surface area contributed by atoms with E-state index in [1.165, 1.54) is 6.26 Å². The van der Waals surface area contributed by atoms with Gasteiger partial charge in [-0.25, -0.2) is 4.79 Å². The third-order valence-corrected chi connectivity index (χ3v) is 3.60. The van der Waals surface area contributed by atoms with Crippen molar-refractivity contribution in [3.63, 3.8) is 0 Å². The van der Waals surface area contributed by atoms with Crippen molar-refractivity contribution in [1.82, 2.24) is 9.88 Å². The highest BCUT2D eigenvalue weighted by Crippen LogP contribution is 2.21. The smallest absolute Gasteiger partial charge is 0.360 e. The summed E-state index contributed by atoms with van der Waals surface area (Å²) in [5.41, 5.74) is 0.245. The van der Waals surface area contributed by atoms with Crippen LogP contribution in [-0.2, 0) is 4.74 Å². The number of hydrogen-bond acceptors (Lipinski definition) is 6. The fourth-order valence-electron chi connectivity index (χ4n) is 2.54. The molecule has 1 fully saturated rings. The summed E-state index contributed by atoms with van der Waals surface area (Å²) in [6.45, 7) is 7.22. The van der Waals surface area contributed by atoms with Gasteiger partial charge in [0.25, 0.3) is 6.01 Å². The molecule has 20 heavy (non-hydrogen) atoms. The molecule has 1 atom stereocenters. The lowest BCUT2D eigenvalue weighted by Gasteiger charge is -2.28. The van der Waals surface area contributed by atoms with Crippen LogP contribution in [0.1, 0.15) is 37.2 Å². The molecular weight excluding hydrogens is 258 g/mol. The summed E-state index contributed by atoms with van der Waals surface area (Å²) in [4.78, 5) is 20.4. The van der Waals surface area contributed by atoms with E-state index in [0.717, 1.165) is 32.5 Å². The molecule has 1 aromatic rings. The molecular formula is C14H23N3O3. The second kappa shape index (κ2) is 6.74. The lowest BCUT2D eigenvalue weighted by molar-refractivity contribution is 0.0519. The van der Waals surface area contributed by atoms with Crippen molar-refractivity contribution in [3.05, 3.63) is 12.0 Å². The standard InChI is InChI=1S/C14H23N3O3/c1-4-11-9-16(3)7-6-8-17(11)14-15-12(10-20-14)13(18)19-5-2/h10-11H,4-9H2,1-3H3. The Bertz CT molecular complexity index is 447. The van der Waals surface area contributed by atoms with E-state index in [1.54, 1.807) is 6.92 Å². The van der Waals surface area contributed by atoms with Crippen molar-refractivity contribution in [1.29, 1.82) is 0 Å². The predicted molar refractivity (Wildman–Crippen MR) is 76.0 cm³/mol. The van der Waals surface area contributed by atoms with Crippen molar-refractivity contribution < 1.29 is 13.9 Å². The maximum absolute atomic E-state index is 11.6. The average molecular weight is 281 g/mol. The maximum Gasteiger partial charge on any atom is 0.360 e. The summed E-state index contributed by atoms with van der Waals surface area (Å²) in [6.07, 6.45) is 3.46. The van der Waals surface area contributed by atoms with Gasteiger partial charge in [-0.3, -0.25) is 0 Å². The first-order valence-corrected chi connectivity index (χ1v) is 7.23. The van der Waals surface area contributed by atoms with Crippen LogP contribution in [-0.4, -0.2) is 55.2 Å². The Hall–Kier alpha value is -1.56. The zero-order valence-corrected chi connectivity index (χ0v) is 12.5. The van der Waals surface area contributed by atoms with Crippen LogP contribution in [0.25, 0.3) is 0 Å². The Labute approximate surface area is 119 Å². The summed E-state index contributed by atoms with van der Waals surface area (Å²) < 4.78 is 10.4. The van der Waals surface area contributed by atoms with Crippen LogP contribution in [0.5, 0.6) is 0 Å². The van der Waals surface area contributed by atoms with Gasteiger partial charge in [-0.15, -0.1) is 0 Å². The minimum atomic E-state index is -0.428. The van der Waals surface area contributed by atoms with Crippen LogP contribution in [0.2, 0.25) is 0 Å². The van der Waals surface area contributed by atoms with Crippen LogP contribution in [0.15, 0.2) is 10.7 Å². The fourth-order valence-corrected chi connectivity index (χ4v) is 2.54. The largest absolute Gasteiger partial charge is 0.461 e. The first-order chi connectivity index (χ1) is 9.65. The van der Waals surface area contributed by atoms with Gasteiger partial charge in [0.2, 0.25) is 0 Å². The van der Waals surface area contributed by atoms with Gasteiger partial charge < -0.3 is 19.0 Å². The molecule has 112 valence electrons. The van der Waals surface area contributed by atoms with Crippen LogP contribution < -0.4 is 4.90 Å². The minimum Gasteiger partial charge on any atom is -0.461 e. The summed E-state index contributed by atoms with van der Waals surface area (Å²) >= 11 is 0. The number of anilines is 1. The summed E-state index contributed by atoms with van der Waals surface area (Å²) in [7, 11) is 2.13. The third kappa shape index (κ3) is 3.30. The molecule has 1 saturated heterocycles. The molecule has 6 heteroatoms. The Morgan fingerprint density at radius 1 is 1.50 bits per heavy atom. The molecule has 0 aliphatic carbocycles. The van der Waals surface area contributed by atoms with E-state index in [-0.39, 0.29) is 5.69 Å². The fraction of sp³-hybridized carbons (Fsp3) is 0.714. The zero-order valence-electron chi connectivity index (χ0n) is 12.5. The van der Waals surface area contributed by atoms with E-state index in [4.69, 9.17) is 9.15 Å². The van der Waals surface area contributed by atoms with E-state index in [2.05, 4.69) is 28.8 Å². The lowest BCUT2D eigenvalue weighted by atomic mass is 10.2. The van der Waals surface area contributed by atoms with Gasteiger partial charge in [-0.05, 0) is 33.4 Å². The number of likely N-dealkylation sites (N-methyl/N-ethyl adjacent to an activating group) is 1. The quantitative estimate of drug-likeness (QED) is 0.784. The number of oxazole rings is 1. The highest BCUT2D eigenvalue weighted by atomic mass is 16.5. The molecule has 2 heterocycles. The number of nitrogens with zero attached hydrogens (tertiary/aromatic N) is 3. The molecule has 1 aromatic heterocycles. The van der Waals surface area contributed by atoms with E-state index in [0.29, 0.717) is 18.7 Å². The summed E-state index contributed by atoms with van der Waals surface area (Å²) in [5, 5.41) is 0. The minimum absolute atomic E-state index is 0.245. The van der Waals surface area contributed by atoms with E-state index in [1.807, 2.05) is 0 Å². The molecule has 0 N–H and O–H groups in total. The molecule has 0 bridgehead atoms. The molecule has 1 aliphatic heterocycles. The second-order valence-corrected chi connectivity index (χ2v) is 5.11. The first-order valence-electron chi connectivity index (χ1n) is 7.23. The molecule has 0 spiro atoms. The number of ether oxygens (including phenoxy) is 1. The molecule has 0 aromatic carbocycles. The van der Waals surface area contributed by atoms with Crippen molar-refractivity contribution in [2.24, 2.45) is 0 Å². The van der Waals surface area contributed by atoms with E-state index >= 15 is 0 Å². The Kier molecular flexibility index (Phi) is 5.00. The lowest BCUT2D eigenvalue weighted by Crippen LogP contribution is -2.40. The van der Waals surface area contributed by atoms with Crippen molar-refractivity contribution in [2.75, 3.05) is 38.2 Å². The van der Waals surface area contributed by atoms with Gasteiger partial charge in [-0.2, -0.15) is 4.98 Å². The van der Waals surface area contributed by atoms with Gasteiger partial charge in [0, 0.05) is 19.1 Å². The average Bonchev–Trinajstić information content (AvgIpc) is 2.84. The van der Waals surface area contributed by atoms with Gasteiger partial charge >= 0.3 is 5.97 Å². The zero-order chi connectivity index (χ0) is 14.5. The van der Waals surface area contributed by atoms with Crippen molar-refractivity contribution >= 4 is 12.0 Å². The Balaban J connectivity index is 2.14. The molecule has 6 nitrogen and oxygen atoms in total. The van der Waals surface area contributed by atoms with Gasteiger partial charge in [0.1, 0.15) is 6.26 Å². The molecule has 1 aliphatic rings. The molecule has 0 amide bonds. The monoisotopic (exact) mass is 281 g/mol. The highest BCUT2D eigenvalue weighted by molar-refractivity contribution is 5.87. The topological polar surface area (TPSA) is 58.8 Å². The van der Waals surface area contributed by atoms with Gasteiger partial charge in [-0.1, -0.05) is 6.92 Å². The molecule has 2 rings (SSSR count).